The summed E-state index contributed by atoms with van der Waals surface area (Å²) in [6.45, 7) is 1.53. The van der Waals surface area contributed by atoms with Gasteiger partial charge in [-0.25, -0.2) is 0 Å². The minimum atomic E-state index is -0.175. The van der Waals surface area contributed by atoms with Crippen LogP contribution in [0.2, 0.25) is 0 Å². The van der Waals surface area contributed by atoms with E-state index in [1.807, 2.05) is 11.0 Å². The van der Waals surface area contributed by atoms with Gasteiger partial charge in [-0.15, -0.1) is 0 Å². The minimum Gasteiger partial charge on any atom is -0.411 e. The molecular weight excluding hydrogens is 184 g/mol. The number of nitriles is 1. The summed E-state index contributed by atoms with van der Waals surface area (Å²) < 4.78 is 0. The first-order valence-corrected chi connectivity index (χ1v) is 4.32. The Labute approximate surface area is 81.8 Å². The zero-order valence-electron chi connectivity index (χ0n) is 7.73. The fraction of sp³-hybridized carbons (Fsp3) is 0.625. The van der Waals surface area contributed by atoms with Crippen molar-refractivity contribution in [1.29, 1.82) is 5.26 Å². The third-order valence-corrected chi connectivity index (χ3v) is 2.00. The van der Waals surface area contributed by atoms with Crippen LogP contribution in [0.5, 0.6) is 0 Å². The van der Waals surface area contributed by atoms with Gasteiger partial charge in [0.1, 0.15) is 6.54 Å². The molecule has 1 aliphatic rings. The molecule has 0 saturated carbocycles. The number of nitrogens with zero attached hydrogens (tertiary/aromatic N) is 3. The van der Waals surface area contributed by atoms with Crippen molar-refractivity contribution in [2.24, 2.45) is 5.16 Å². The SMILES string of the molecule is N#CCNC(=O)CN1CC/C(=N/O)C1. The molecule has 0 unspecified atom stereocenters. The van der Waals surface area contributed by atoms with E-state index in [4.69, 9.17) is 10.5 Å². The normalized spacial score (nSPS) is 19.5. The van der Waals surface area contributed by atoms with Crippen LogP contribution in [0.3, 0.4) is 0 Å². The number of rotatable bonds is 3. The van der Waals surface area contributed by atoms with Crippen LogP contribution in [0.25, 0.3) is 0 Å². The molecule has 6 nitrogen and oxygen atoms in total. The summed E-state index contributed by atoms with van der Waals surface area (Å²) in [6, 6.07) is 1.83. The van der Waals surface area contributed by atoms with E-state index < -0.39 is 0 Å². The molecule has 76 valence electrons. The molecule has 0 spiro atoms. The standard InChI is InChI=1S/C8H12N4O2/c9-2-3-10-8(13)6-12-4-1-7(5-12)11-14/h14H,1,3-6H2,(H,10,13)/b11-7-. The quantitative estimate of drug-likeness (QED) is 0.350. The third-order valence-electron chi connectivity index (χ3n) is 2.00. The van der Waals surface area contributed by atoms with Crippen LogP contribution in [-0.4, -0.2) is 47.9 Å². The van der Waals surface area contributed by atoms with Crippen LogP contribution in [0.1, 0.15) is 6.42 Å². The highest BCUT2D eigenvalue weighted by atomic mass is 16.4. The van der Waals surface area contributed by atoms with Crippen LogP contribution in [-0.2, 0) is 4.79 Å². The van der Waals surface area contributed by atoms with Gasteiger partial charge in [-0.05, 0) is 0 Å². The van der Waals surface area contributed by atoms with Gasteiger partial charge in [-0.3, -0.25) is 9.69 Å². The molecule has 14 heavy (non-hydrogen) atoms. The monoisotopic (exact) mass is 196 g/mol. The molecule has 1 aliphatic heterocycles. The van der Waals surface area contributed by atoms with Crippen molar-refractivity contribution in [2.45, 2.75) is 6.42 Å². The van der Waals surface area contributed by atoms with E-state index in [2.05, 4.69) is 10.5 Å². The first-order valence-electron chi connectivity index (χ1n) is 4.32. The van der Waals surface area contributed by atoms with Gasteiger partial charge in [-0.2, -0.15) is 5.26 Å². The van der Waals surface area contributed by atoms with E-state index in [-0.39, 0.29) is 19.0 Å². The molecule has 0 bridgehead atoms. The molecule has 0 aromatic heterocycles. The summed E-state index contributed by atoms with van der Waals surface area (Å²) in [6.07, 6.45) is 0.696. The Kier molecular flexibility index (Phi) is 3.88. The highest BCUT2D eigenvalue weighted by Crippen LogP contribution is 2.04. The molecule has 6 heteroatoms. The van der Waals surface area contributed by atoms with Crippen molar-refractivity contribution in [2.75, 3.05) is 26.2 Å². The highest BCUT2D eigenvalue weighted by molar-refractivity contribution is 5.88. The summed E-state index contributed by atoms with van der Waals surface area (Å²) in [4.78, 5) is 13.0. The molecule has 0 aliphatic carbocycles. The van der Waals surface area contributed by atoms with E-state index in [9.17, 15) is 4.79 Å². The largest absolute Gasteiger partial charge is 0.411 e. The molecule has 1 fully saturated rings. The zero-order chi connectivity index (χ0) is 10.4. The predicted octanol–water partition coefficient (Wildman–Crippen LogP) is -0.838. The van der Waals surface area contributed by atoms with Crippen molar-refractivity contribution >= 4 is 11.6 Å². The lowest BCUT2D eigenvalue weighted by molar-refractivity contribution is -0.121. The smallest absolute Gasteiger partial charge is 0.235 e. The maximum Gasteiger partial charge on any atom is 0.235 e. The number of carbonyl (C=O) groups excluding carboxylic acids is 1. The van der Waals surface area contributed by atoms with E-state index in [0.717, 1.165) is 6.54 Å². The summed E-state index contributed by atoms with van der Waals surface area (Å²) in [7, 11) is 0. The van der Waals surface area contributed by atoms with Crippen molar-refractivity contribution in [1.82, 2.24) is 10.2 Å². The Morgan fingerprint density at radius 1 is 1.79 bits per heavy atom. The average molecular weight is 196 g/mol. The van der Waals surface area contributed by atoms with Gasteiger partial charge in [0, 0.05) is 19.5 Å². The van der Waals surface area contributed by atoms with Crippen molar-refractivity contribution < 1.29 is 10.0 Å². The zero-order valence-corrected chi connectivity index (χ0v) is 7.73. The lowest BCUT2D eigenvalue weighted by atomic mass is 10.3. The summed E-state index contributed by atoms with van der Waals surface area (Å²) in [5, 5.41) is 22.2. The Hall–Kier alpha value is -1.61. The number of hydrogen-bond acceptors (Lipinski definition) is 5. The molecule has 0 atom stereocenters. The van der Waals surface area contributed by atoms with E-state index in [1.54, 1.807) is 0 Å². The van der Waals surface area contributed by atoms with E-state index >= 15 is 0 Å². The molecule has 2 N–H and O–H groups in total. The molecule has 1 rings (SSSR count). The van der Waals surface area contributed by atoms with Crippen LogP contribution < -0.4 is 5.32 Å². The highest BCUT2D eigenvalue weighted by Gasteiger charge is 2.20. The molecule has 1 heterocycles. The summed E-state index contributed by atoms with van der Waals surface area (Å²) in [5.74, 6) is -0.175. The average Bonchev–Trinajstić information content (AvgIpc) is 2.62. The number of hydrogen-bond donors (Lipinski definition) is 2. The Balaban J connectivity index is 2.26. The van der Waals surface area contributed by atoms with Gasteiger partial charge in [0.15, 0.2) is 0 Å². The summed E-state index contributed by atoms with van der Waals surface area (Å²) in [5.41, 5.74) is 0.693. The van der Waals surface area contributed by atoms with E-state index in [1.165, 1.54) is 0 Å². The van der Waals surface area contributed by atoms with E-state index in [0.29, 0.717) is 18.7 Å². The van der Waals surface area contributed by atoms with Crippen molar-refractivity contribution in [3.63, 3.8) is 0 Å². The fourth-order valence-electron chi connectivity index (χ4n) is 1.32. The second kappa shape index (κ2) is 5.19. The van der Waals surface area contributed by atoms with Crippen molar-refractivity contribution in [3.8, 4) is 6.07 Å². The number of nitrogens with one attached hydrogen (secondary N) is 1. The van der Waals surface area contributed by atoms with Gasteiger partial charge in [0.2, 0.25) is 5.91 Å². The molecule has 0 radical (unpaired) electrons. The second-order valence-corrected chi connectivity index (χ2v) is 3.06. The number of carbonyl (C=O) groups is 1. The number of likely N-dealkylation sites (tertiary alicyclic amines) is 1. The third kappa shape index (κ3) is 3.03. The number of oxime groups is 1. The predicted molar refractivity (Wildman–Crippen MR) is 48.9 cm³/mol. The second-order valence-electron chi connectivity index (χ2n) is 3.06. The molecular formula is C8H12N4O2. The molecule has 1 saturated heterocycles. The van der Waals surface area contributed by atoms with Gasteiger partial charge in [-0.1, -0.05) is 5.16 Å². The summed E-state index contributed by atoms with van der Waals surface area (Å²) >= 11 is 0. The van der Waals surface area contributed by atoms with Crippen molar-refractivity contribution in [3.05, 3.63) is 0 Å². The first-order chi connectivity index (χ1) is 6.76. The van der Waals surface area contributed by atoms with Gasteiger partial charge in [0.05, 0.1) is 18.3 Å². The molecule has 0 aromatic rings. The van der Waals surface area contributed by atoms with Gasteiger partial charge in [0.25, 0.3) is 0 Å². The Bertz CT molecular complexity index is 282. The fourth-order valence-corrected chi connectivity index (χ4v) is 1.32. The van der Waals surface area contributed by atoms with Crippen LogP contribution in [0.15, 0.2) is 5.16 Å². The maximum atomic E-state index is 11.1. The minimum absolute atomic E-state index is 0.0353. The van der Waals surface area contributed by atoms with Crippen LogP contribution in [0, 0.1) is 11.3 Å². The maximum absolute atomic E-state index is 11.1. The van der Waals surface area contributed by atoms with Gasteiger partial charge >= 0.3 is 0 Å². The molecule has 0 aromatic carbocycles. The lowest BCUT2D eigenvalue weighted by Gasteiger charge is -2.12. The Morgan fingerprint density at radius 3 is 3.14 bits per heavy atom. The molecule has 1 amide bonds. The number of amides is 1. The van der Waals surface area contributed by atoms with Crippen LogP contribution >= 0.6 is 0 Å². The lowest BCUT2D eigenvalue weighted by Crippen LogP contribution is -2.36. The first kappa shape index (κ1) is 10.5. The Morgan fingerprint density at radius 2 is 2.57 bits per heavy atom. The topological polar surface area (TPSA) is 88.7 Å². The van der Waals surface area contributed by atoms with Crippen LogP contribution in [0.4, 0.5) is 0 Å². The van der Waals surface area contributed by atoms with Gasteiger partial charge < -0.3 is 10.5 Å².